The zero-order valence-electron chi connectivity index (χ0n) is 16.9. The Labute approximate surface area is 174 Å². The first-order chi connectivity index (χ1) is 13.3. The molecule has 0 saturated carbocycles. The Kier molecular flexibility index (Phi) is 9.05. The standard InChI is InChI=1S/C20H32ClN3O3S/c1-17-9-10-18(21)16-19(17)24(28(2,26)27)14-7-8-20(25)22-11-15-23-12-5-3-4-6-13-23/h9-10,16H,3-8,11-15H2,1-2H3,(H,22,25). The molecule has 28 heavy (non-hydrogen) atoms. The highest BCUT2D eigenvalue weighted by Crippen LogP contribution is 2.26. The summed E-state index contributed by atoms with van der Waals surface area (Å²) < 4.78 is 25.8. The van der Waals surface area contributed by atoms with E-state index in [9.17, 15) is 13.2 Å². The third-order valence-electron chi connectivity index (χ3n) is 5.05. The van der Waals surface area contributed by atoms with Crippen LogP contribution in [0.3, 0.4) is 0 Å². The Morgan fingerprint density at radius 1 is 1.21 bits per heavy atom. The van der Waals surface area contributed by atoms with Crippen molar-refractivity contribution in [3.05, 3.63) is 28.8 Å². The van der Waals surface area contributed by atoms with E-state index in [1.54, 1.807) is 18.2 Å². The number of rotatable bonds is 9. The van der Waals surface area contributed by atoms with Gasteiger partial charge in [-0.25, -0.2) is 8.42 Å². The molecule has 1 heterocycles. The summed E-state index contributed by atoms with van der Waals surface area (Å²) in [7, 11) is -3.45. The molecule has 0 radical (unpaired) electrons. The molecule has 1 aliphatic heterocycles. The van der Waals surface area contributed by atoms with Gasteiger partial charge in [-0.15, -0.1) is 0 Å². The number of carbonyl (C=O) groups is 1. The number of amides is 1. The molecule has 158 valence electrons. The number of halogens is 1. The van der Waals surface area contributed by atoms with Gasteiger partial charge in [-0.05, 0) is 57.0 Å². The molecule has 6 nitrogen and oxygen atoms in total. The van der Waals surface area contributed by atoms with Crippen molar-refractivity contribution >= 4 is 33.2 Å². The molecule has 0 unspecified atom stereocenters. The van der Waals surface area contributed by atoms with Gasteiger partial charge in [0.05, 0.1) is 11.9 Å². The van der Waals surface area contributed by atoms with Crippen LogP contribution in [0.15, 0.2) is 18.2 Å². The number of nitrogens with zero attached hydrogens (tertiary/aromatic N) is 2. The van der Waals surface area contributed by atoms with E-state index in [4.69, 9.17) is 11.6 Å². The predicted molar refractivity (Wildman–Crippen MR) is 116 cm³/mol. The highest BCUT2D eigenvalue weighted by molar-refractivity contribution is 7.92. The van der Waals surface area contributed by atoms with Crippen LogP contribution in [0.5, 0.6) is 0 Å². The molecule has 0 bridgehead atoms. The molecule has 1 aromatic rings. The molecule has 0 aromatic heterocycles. The van der Waals surface area contributed by atoms with Crippen LogP contribution >= 0.6 is 11.6 Å². The molecule has 0 atom stereocenters. The minimum Gasteiger partial charge on any atom is -0.355 e. The molecule has 1 aliphatic rings. The number of hydrogen-bond acceptors (Lipinski definition) is 4. The van der Waals surface area contributed by atoms with Crippen LogP contribution in [0, 0.1) is 6.92 Å². The van der Waals surface area contributed by atoms with Crippen LogP contribution in [0.25, 0.3) is 0 Å². The number of aryl methyl sites for hydroxylation is 1. The lowest BCUT2D eigenvalue weighted by Crippen LogP contribution is -2.36. The quantitative estimate of drug-likeness (QED) is 0.654. The fourth-order valence-electron chi connectivity index (χ4n) is 3.50. The summed E-state index contributed by atoms with van der Waals surface area (Å²) in [5.74, 6) is -0.0360. The van der Waals surface area contributed by atoms with Crippen molar-refractivity contribution in [1.29, 1.82) is 0 Å². The van der Waals surface area contributed by atoms with E-state index in [1.165, 1.54) is 36.2 Å². The predicted octanol–water partition coefficient (Wildman–Crippen LogP) is 3.19. The van der Waals surface area contributed by atoms with Gasteiger partial charge in [0.1, 0.15) is 0 Å². The molecular weight excluding hydrogens is 398 g/mol. The van der Waals surface area contributed by atoms with E-state index < -0.39 is 10.0 Å². The average molecular weight is 430 g/mol. The molecule has 1 aromatic carbocycles. The highest BCUT2D eigenvalue weighted by Gasteiger charge is 2.19. The molecule has 0 aliphatic carbocycles. The number of likely N-dealkylation sites (tertiary alicyclic amines) is 1. The van der Waals surface area contributed by atoms with E-state index >= 15 is 0 Å². The van der Waals surface area contributed by atoms with Gasteiger partial charge < -0.3 is 10.2 Å². The number of nitrogens with one attached hydrogen (secondary N) is 1. The molecule has 0 spiro atoms. The summed E-state index contributed by atoms with van der Waals surface area (Å²) in [4.78, 5) is 14.5. The highest BCUT2D eigenvalue weighted by atomic mass is 35.5. The number of carbonyl (C=O) groups excluding carboxylic acids is 1. The van der Waals surface area contributed by atoms with Crippen LogP contribution in [0.2, 0.25) is 5.02 Å². The molecule has 2 rings (SSSR count). The van der Waals surface area contributed by atoms with E-state index in [0.29, 0.717) is 30.1 Å². The zero-order chi connectivity index (χ0) is 20.6. The Bertz CT molecular complexity index is 747. The lowest BCUT2D eigenvalue weighted by Gasteiger charge is -2.24. The minimum atomic E-state index is -3.45. The van der Waals surface area contributed by atoms with E-state index in [0.717, 1.165) is 25.2 Å². The van der Waals surface area contributed by atoms with E-state index in [1.807, 2.05) is 6.92 Å². The third kappa shape index (κ3) is 7.60. The summed E-state index contributed by atoms with van der Waals surface area (Å²) in [6.07, 6.45) is 6.99. The van der Waals surface area contributed by atoms with Crippen molar-refractivity contribution in [2.75, 3.05) is 43.3 Å². The first-order valence-electron chi connectivity index (χ1n) is 10.0. The monoisotopic (exact) mass is 429 g/mol. The maximum Gasteiger partial charge on any atom is 0.232 e. The number of benzene rings is 1. The Balaban J connectivity index is 1.80. The summed E-state index contributed by atoms with van der Waals surface area (Å²) in [6, 6.07) is 5.18. The van der Waals surface area contributed by atoms with E-state index in [-0.39, 0.29) is 12.5 Å². The second-order valence-corrected chi connectivity index (χ2v) is 9.82. The number of hydrogen-bond donors (Lipinski definition) is 1. The Hall–Kier alpha value is -1.31. The first-order valence-corrected chi connectivity index (χ1v) is 12.2. The van der Waals surface area contributed by atoms with Crippen molar-refractivity contribution in [2.24, 2.45) is 0 Å². The van der Waals surface area contributed by atoms with Gasteiger partial charge in [-0.3, -0.25) is 9.10 Å². The minimum absolute atomic E-state index is 0.0360. The maximum absolute atomic E-state index is 12.2. The summed E-state index contributed by atoms with van der Waals surface area (Å²) in [6.45, 7) is 5.83. The molecular formula is C20H32ClN3O3S. The fraction of sp³-hybridized carbons (Fsp3) is 0.650. The molecule has 1 saturated heterocycles. The summed E-state index contributed by atoms with van der Waals surface area (Å²) in [5.41, 5.74) is 1.40. The summed E-state index contributed by atoms with van der Waals surface area (Å²) >= 11 is 6.04. The topological polar surface area (TPSA) is 69.7 Å². The van der Waals surface area contributed by atoms with Gasteiger partial charge in [0, 0.05) is 31.1 Å². The van der Waals surface area contributed by atoms with Gasteiger partial charge in [0.15, 0.2) is 0 Å². The third-order valence-corrected chi connectivity index (χ3v) is 6.47. The normalized spacial score (nSPS) is 15.8. The van der Waals surface area contributed by atoms with E-state index in [2.05, 4.69) is 10.2 Å². The zero-order valence-corrected chi connectivity index (χ0v) is 18.5. The van der Waals surface area contributed by atoms with Crippen LogP contribution in [-0.4, -0.2) is 58.2 Å². The van der Waals surface area contributed by atoms with Gasteiger partial charge in [-0.1, -0.05) is 30.5 Å². The molecule has 8 heteroatoms. The lowest BCUT2D eigenvalue weighted by atomic mass is 10.2. The van der Waals surface area contributed by atoms with Gasteiger partial charge in [0.2, 0.25) is 15.9 Å². The first kappa shape index (κ1) is 23.0. The van der Waals surface area contributed by atoms with Crippen LogP contribution in [0.4, 0.5) is 5.69 Å². The average Bonchev–Trinajstić information content (AvgIpc) is 2.89. The lowest BCUT2D eigenvalue weighted by molar-refractivity contribution is -0.121. The smallest absolute Gasteiger partial charge is 0.232 e. The Morgan fingerprint density at radius 3 is 2.54 bits per heavy atom. The maximum atomic E-state index is 12.2. The van der Waals surface area contributed by atoms with Crippen LogP contribution in [-0.2, 0) is 14.8 Å². The molecule has 1 fully saturated rings. The molecule has 1 N–H and O–H groups in total. The second-order valence-electron chi connectivity index (χ2n) is 7.48. The SMILES string of the molecule is Cc1ccc(Cl)cc1N(CCCC(=O)NCCN1CCCCCC1)S(C)(=O)=O. The van der Waals surface area contributed by atoms with Crippen molar-refractivity contribution in [2.45, 2.75) is 45.4 Å². The van der Waals surface area contributed by atoms with Gasteiger partial charge in [0.25, 0.3) is 0 Å². The second kappa shape index (κ2) is 11.0. The summed E-state index contributed by atoms with van der Waals surface area (Å²) in [5, 5.41) is 3.44. The number of sulfonamides is 1. The fourth-order valence-corrected chi connectivity index (χ4v) is 4.68. The van der Waals surface area contributed by atoms with Gasteiger partial charge >= 0.3 is 0 Å². The van der Waals surface area contributed by atoms with Crippen molar-refractivity contribution in [3.63, 3.8) is 0 Å². The van der Waals surface area contributed by atoms with Crippen molar-refractivity contribution in [1.82, 2.24) is 10.2 Å². The van der Waals surface area contributed by atoms with Crippen LogP contribution < -0.4 is 9.62 Å². The van der Waals surface area contributed by atoms with Crippen LogP contribution in [0.1, 0.15) is 44.1 Å². The largest absolute Gasteiger partial charge is 0.355 e. The van der Waals surface area contributed by atoms with Crippen molar-refractivity contribution in [3.8, 4) is 0 Å². The van der Waals surface area contributed by atoms with Crippen molar-refractivity contribution < 1.29 is 13.2 Å². The Morgan fingerprint density at radius 2 is 1.89 bits per heavy atom. The number of anilines is 1. The molecule has 1 amide bonds. The van der Waals surface area contributed by atoms with Gasteiger partial charge in [-0.2, -0.15) is 0 Å².